The SMILES string of the molecule is CCOC(=O)/C(N)=C/c1cnc(-c2ccccc2OC)s1. The molecule has 5 nitrogen and oxygen atoms in total. The van der Waals surface area contributed by atoms with Gasteiger partial charge in [-0.3, -0.25) is 0 Å². The van der Waals surface area contributed by atoms with Crippen LogP contribution < -0.4 is 10.5 Å². The van der Waals surface area contributed by atoms with Crippen molar-refractivity contribution in [2.75, 3.05) is 13.7 Å². The lowest BCUT2D eigenvalue weighted by Crippen LogP contribution is -2.14. The third kappa shape index (κ3) is 3.61. The molecule has 0 aliphatic carbocycles. The van der Waals surface area contributed by atoms with Gasteiger partial charge in [-0.2, -0.15) is 0 Å². The van der Waals surface area contributed by atoms with Gasteiger partial charge in [0.15, 0.2) is 0 Å². The molecule has 2 rings (SSSR count). The van der Waals surface area contributed by atoms with E-state index in [0.29, 0.717) is 6.61 Å². The van der Waals surface area contributed by atoms with Crippen LogP contribution in [0.15, 0.2) is 36.2 Å². The highest BCUT2D eigenvalue weighted by molar-refractivity contribution is 7.15. The summed E-state index contributed by atoms with van der Waals surface area (Å²) < 4.78 is 10.1. The van der Waals surface area contributed by atoms with Gasteiger partial charge in [0.1, 0.15) is 16.5 Å². The van der Waals surface area contributed by atoms with Gasteiger partial charge < -0.3 is 15.2 Å². The summed E-state index contributed by atoms with van der Waals surface area (Å²) in [6.07, 6.45) is 3.23. The molecule has 0 saturated carbocycles. The minimum atomic E-state index is -0.523. The van der Waals surface area contributed by atoms with Gasteiger partial charge in [-0.05, 0) is 25.1 Å². The quantitative estimate of drug-likeness (QED) is 0.679. The van der Waals surface area contributed by atoms with Gasteiger partial charge in [0, 0.05) is 11.1 Å². The Balaban J connectivity index is 2.26. The van der Waals surface area contributed by atoms with E-state index in [0.717, 1.165) is 21.2 Å². The van der Waals surface area contributed by atoms with Crippen LogP contribution in [0.2, 0.25) is 0 Å². The van der Waals surface area contributed by atoms with E-state index in [1.807, 2.05) is 24.3 Å². The molecule has 0 bridgehead atoms. The average Bonchev–Trinajstić information content (AvgIpc) is 2.95. The molecular weight excluding hydrogens is 288 g/mol. The zero-order valence-corrected chi connectivity index (χ0v) is 12.6. The predicted octanol–water partition coefficient (Wildman–Crippen LogP) is 2.68. The van der Waals surface area contributed by atoms with Crippen LogP contribution in [0.1, 0.15) is 11.8 Å². The summed E-state index contributed by atoms with van der Waals surface area (Å²) >= 11 is 1.42. The number of nitrogens with zero attached hydrogens (tertiary/aromatic N) is 1. The third-order valence-corrected chi connectivity index (χ3v) is 3.65. The number of hydrogen-bond donors (Lipinski definition) is 1. The number of carbonyl (C=O) groups excluding carboxylic acids is 1. The maximum absolute atomic E-state index is 11.5. The summed E-state index contributed by atoms with van der Waals surface area (Å²) in [5.74, 6) is 0.227. The maximum Gasteiger partial charge on any atom is 0.354 e. The summed E-state index contributed by atoms with van der Waals surface area (Å²) in [4.78, 5) is 16.6. The second-order valence-corrected chi connectivity index (χ2v) is 5.15. The van der Waals surface area contributed by atoms with E-state index in [-0.39, 0.29) is 5.70 Å². The Hall–Kier alpha value is -2.34. The third-order valence-electron chi connectivity index (χ3n) is 2.67. The van der Waals surface area contributed by atoms with Gasteiger partial charge in [0.25, 0.3) is 0 Å². The van der Waals surface area contributed by atoms with Crippen LogP contribution in [0, 0.1) is 0 Å². The lowest BCUT2D eigenvalue weighted by molar-refractivity contribution is -0.138. The molecule has 0 unspecified atom stereocenters. The van der Waals surface area contributed by atoms with Crippen molar-refractivity contribution in [2.45, 2.75) is 6.92 Å². The standard InChI is InChI=1S/C15H16N2O3S/c1-3-20-15(18)12(16)8-10-9-17-14(21-10)11-6-4-5-7-13(11)19-2/h4-9H,3,16H2,1-2H3/b12-8-. The number of nitrogens with two attached hydrogens (primary N) is 1. The van der Waals surface area contributed by atoms with Crippen LogP contribution in [0.4, 0.5) is 0 Å². The van der Waals surface area contributed by atoms with Gasteiger partial charge in [-0.25, -0.2) is 9.78 Å². The number of methoxy groups -OCH3 is 1. The molecule has 2 aromatic rings. The zero-order chi connectivity index (χ0) is 15.2. The van der Waals surface area contributed by atoms with Gasteiger partial charge in [-0.1, -0.05) is 12.1 Å². The number of carbonyl (C=O) groups is 1. The van der Waals surface area contributed by atoms with Gasteiger partial charge in [-0.15, -0.1) is 11.3 Å². The molecule has 1 aromatic heterocycles. The van der Waals surface area contributed by atoms with E-state index in [4.69, 9.17) is 15.2 Å². The number of aromatic nitrogens is 1. The molecule has 0 atom stereocenters. The monoisotopic (exact) mass is 304 g/mol. The van der Waals surface area contributed by atoms with Crippen molar-refractivity contribution in [3.63, 3.8) is 0 Å². The Bertz CT molecular complexity index is 664. The molecule has 2 N–H and O–H groups in total. The number of hydrogen-bond acceptors (Lipinski definition) is 6. The maximum atomic E-state index is 11.5. The average molecular weight is 304 g/mol. The smallest absolute Gasteiger partial charge is 0.354 e. The predicted molar refractivity (Wildman–Crippen MR) is 82.9 cm³/mol. The fourth-order valence-electron chi connectivity index (χ4n) is 1.73. The van der Waals surface area contributed by atoms with Crippen molar-refractivity contribution in [1.82, 2.24) is 4.98 Å². The highest BCUT2D eigenvalue weighted by atomic mass is 32.1. The Morgan fingerprint density at radius 3 is 2.90 bits per heavy atom. The van der Waals surface area contributed by atoms with Gasteiger partial charge in [0.2, 0.25) is 0 Å². The number of ether oxygens (including phenoxy) is 2. The van der Waals surface area contributed by atoms with Crippen molar-refractivity contribution in [3.05, 3.63) is 41.0 Å². The summed E-state index contributed by atoms with van der Waals surface area (Å²) in [6.45, 7) is 2.03. The lowest BCUT2D eigenvalue weighted by atomic mass is 10.2. The van der Waals surface area contributed by atoms with Crippen LogP contribution in [-0.4, -0.2) is 24.7 Å². The van der Waals surface area contributed by atoms with Crippen LogP contribution in [0.3, 0.4) is 0 Å². The topological polar surface area (TPSA) is 74.4 Å². The number of thiazole rings is 1. The molecule has 110 valence electrons. The molecule has 0 aliphatic heterocycles. The molecule has 0 radical (unpaired) electrons. The van der Waals surface area contributed by atoms with Crippen molar-refractivity contribution in [1.29, 1.82) is 0 Å². The Labute approximate surface area is 127 Å². The van der Waals surface area contributed by atoms with E-state index >= 15 is 0 Å². The molecule has 0 saturated heterocycles. The van der Waals surface area contributed by atoms with Crippen molar-refractivity contribution in [3.8, 4) is 16.3 Å². The zero-order valence-electron chi connectivity index (χ0n) is 11.8. The van der Waals surface area contributed by atoms with E-state index in [1.165, 1.54) is 11.3 Å². The molecule has 0 amide bonds. The lowest BCUT2D eigenvalue weighted by Gasteiger charge is -2.04. The highest BCUT2D eigenvalue weighted by Crippen LogP contribution is 2.33. The Kier molecular flexibility index (Phi) is 4.94. The van der Waals surface area contributed by atoms with Gasteiger partial charge >= 0.3 is 5.97 Å². The summed E-state index contributed by atoms with van der Waals surface area (Å²) in [7, 11) is 1.62. The molecule has 0 fully saturated rings. The first-order chi connectivity index (χ1) is 10.2. The second-order valence-electron chi connectivity index (χ2n) is 4.09. The van der Waals surface area contributed by atoms with Crippen LogP contribution in [-0.2, 0) is 9.53 Å². The minimum absolute atomic E-state index is 0.0621. The number of rotatable bonds is 5. The van der Waals surface area contributed by atoms with Crippen molar-refractivity contribution in [2.24, 2.45) is 5.73 Å². The summed E-state index contributed by atoms with van der Waals surface area (Å²) in [5.41, 5.74) is 6.64. The van der Waals surface area contributed by atoms with E-state index in [9.17, 15) is 4.79 Å². The fraction of sp³-hybridized carbons (Fsp3) is 0.200. The Morgan fingerprint density at radius 1 is 1.43 bits per heavy atom. The number of para-hydroxylation sites is 1. The van der Waals surface area contributed by atoms with Crippen LogP contribution in [0.5, 0.6) is 5.75 Å². The van der Waals surface area contributed by atoms with Crippen molar-refractivity contribution >= 4 is 23.4 Å². The van der Waals surface area contributed by atoms with E-state index < -0.39 is 5.97 Å². The molecule has 0 spiro atoms. The largest absolute Gasteiger partial charge is 0.496 e. The first-order valence-electron chi connectivity index (χ1n) is 6.39. The highest BCUT2D eigenvalue weighted by Gasteiger charge is 2.11. The van der Waals surface area contributed by atoms with E-state index in [2.05, 4.69) is 4.98 Å². The second kappa shape index (κ2) is 6.90. The molecule has 1 heterocycles. The fourth-order valence-corrected chi connectivity index (χ4v) is 2.62. The molecule has 1 aromatic carbocycles. The van der Waals surface area contributed by atoms with Crippen LogP contribution in [0.25, 0.3) is 16.6 Å². The molecule has 6 heteroatoms. The molecular formula is C15H16N2O3S. The first kappa shape index (κ1) is 15.1. The first-order valence-corrected chi connectivity index (χ1v) is 7.21. The van der Waals surface area contributed by atoms with Gasteiger partial charge in [0.05, 0.1) is 19.3 Å². The summed E-state index contributed by atoms with van der Waals surface area (Å²) in [5, 5.41) is 0.801. The molecule has 21 heavy (non-hydrogen) atoms. The normalized spacial score (nSPS) is 11.2. The number of benzene rings is 1. The number of esters is 1. The minimum Gasteiger partial charge on any atom is -0.496 e. The van der Waals surface area contributed by atoms with Crippen LogP contribution >= 0.6 is 11.3 Å². The van der Waals surface area contributed by atoms with E-state index in [1.54, 1.807) is 26.3 Å². The van der Waals surface area contributed by atoms with Crippen molar-refractivity contribution < 1.29 is 14.3 Å². The Morgan fingerprint density at radius 2 is 2.19 bits per heavy atom. The summed E-state index contributed by atoms with van der Waals surface area (Å²) in [6, 6.07) is 7.62. The molecule has 0 aliphatic rings.